The van der Waals surface area contributed by atoms with E-state index >= 15 is 0 Å². The topological polar surface area (TPSA) is 108 Å². The summed E-state index contributed by atoms with van der Waals surface area (Å²) in [6.07, 6.45) is 2.37. The molecule has 0 aromatic carbocycles. The average molecular weight is 333 g/mol. The molecule has 1 aliphatic heterocycles. The molecular formula is C16H31NO6. The zero-order valence-electron chi connectivity index (χ0n) is 14.1. The van der Waals surface area contributed by atoms with Gasteiger partial charge in [-0.1, -0.05) is 39.0 Å². The molecule has 1 amide bonds. The van der Waals surface area contributed by atoms with Gasteiger partial charge in [-0.25, -0.2) is 0 Å². The van der Waals surface area contributed by atoms with E-state index < -0.39 is 37.3 Å². The van der Waals surface area contributed by atoms with Crippen LogP contribution in [0.3, 0.4) is 0 Å². The van der Waals surface area contributed by atoms with Crippen molar-refractivity contribution in [2.24, 2.45) is 0 Å². The van der Waals surface area contributed by atoms with Crippen LogP contribution < -0.4 is 5.32 Å². The lowest BCUT2D eigenvalue weighted by Crippen LogP contribution is -2.64. The van der Waals surface area contributed by atoms with Crippen molar-refractivity contribution in [2.45, 2.75) is 83.0 Å². The molecule has 1 fully saturated rings. The number of aliphatic hydroxyl groups is 3. The summed E-state index contributed by atoms with van der Waals surface area (Å²) < 4.78 is 11.1. The zero-order valence-corrected chi connectivity index (χ0v) is 14.1. The Morgan fingerprint density at radius 1 is 1.13 bits per heavy atom. The van der Waals surface area contributed by atoms with E-state index in [9.17, 15) is 20.1 Å². The lowest BCUT2D eigenvalue weighted by atomic mass is 9.97. The highest BCUT2D eigenvalue weighted by molar-refractivity contribution is 5.73. The maximum atomic E-state index is 11.3. The van der Waals surface area contributed by atoms with Crippen molar-refractivity contribution in [1.82, 2.24) is 5.32 Å². The molecule has 1 aliphatic rings. The van der Waals surface area contributed by atoms with Crippen molar-refractivity contribution in [3.8, 4) is 0 Å². The molecule has 0 spiro atoms. The number of nitrogens with one attached hydrogen (secondary N) is 1. The fraction of sp³-hybridized carbons (Fsp3) is 0.938. The van der Waals surface area contributed by atoms with Crippen molar-refractivity contribution in [1.29, 1.82) is 0 Å². The summed E-state index contributed by atoms with van der Waals surface area (Å²) in [5.74, 6) is -0.347. The predicted octanol–water partition coefficient (Wildman–Crippen LogP) is 0.307. The quantitative estimate of drug-likeness (QED) is 0.429. The van der Waals surface area contributed by atoms with Crippen LogP contribution in [0.5, 0.6) is 0 Å². The summed E-state index contributed by atoms with van der Waals surface area (Å²) in [5, 5.41) is 31.8. The minimum absolute atomic E-state index is 0.347. The molecule has 7 nitrogen and oxygen atoms in total. The van der Waals surface area contributed by atoms with E-state index in [1.165, 1.54) is 26.2 Å². The van der Waals surface area contributed by atoms with Gasteiger partial charge < -0.3 is 30.1 Å². The molecule has 0 aromatic heterocycles. The number of hydrogen-bond donors (Lipinski definition) is 4. The van der Waals surface area contributed by atoms with Gasteiger partial charge in [-0.05, 0) is 6.42 Å². The smallest absolute Gasteiger partial charge is 0.217 e. The molecule has 5 atom stereocenters. The second-order valence-electron chi connectivity index (χ2n) is 6.07. The molecule has 23 heavy (non-hydrogen) atoms. The van der Waals surface area contributed by atoms with E-state index in [-0.39, 0.29) is 5.91 Å². The van der Waals surface area contributed by atoms with Crippen LogP contribution in [0.15, 0.2) is 0 Å². The fourth-order valence-corrected chi connectivity index (χ4v) is 2.69. The Labute approximate surface area is 138 Å². The van der Waals surface area contributed by atoms with Gasteiger partial charge in [-0.2, -0.15) is 0 Å². The molecule has 7 heteroatoms. The minimum atomic E-state index is -1.27. The molecule has 0 bridgehead atoms. The van der Waals surface area contributed by atoms with Gasteiger partial charge in [-0.3, -0.25) is 4.79 Å². The predicted molar refractivity (Wildman–Crippen MR) is 84.7 cm³/mol. The van der Waals surface area contributed by atoms with E-state index in [0.717, 1.165) is 19.3 Å². The number of rotatable bonds is 10. The number of carbonyl (C=O) groups is 1. The van der Waals surface area contributed by atoms with Crippen LogP contribution in [0.1, 0.15) is 52.4 Å². The third-order valence-electron chi connectivity index (χ3n) is 4.03. The lowest BCUT2D eigenvalue weighted by Gasteiger charge is -2.42. The molecule has 1 saturated heterocycles. The third-order valence-corrected chi connectivity index (χ3v) is 4.03. The Morgan fingerprint density at radius 3 is 2.39 bits per heavy atom. The monoisotopic (exact) mass is 333 g/mol. The molecule has 0 aromatic rings. The number of amides is 1. The molecular weight excluding hydrogens is 302 g/mol. The van der Waals surface area contributed by atoms with Crippen molar-refractivity contribution < 1.29 is 29.6 Å². The van der Waals surface area contributed by atoms with Crippen LogP contribution in [-0.4, -0.2) is 65.1 Å². The first-order chi connectivity index (χ1) is 11.0. The van der Waals surface area contributed by atoms with Gasteiger partial charge in [0, 0.05) is 13.5 Å². The number of ether oxygens (including phenoxy) is 2. The van der Waals surface area contributed by atoms with Gasteiger partial charge in [0.25, 0.3) is 0 Å². The standard InChI is InChI=1S/C16H31NO6/c1-3-4-5-6-7-8-9-22-16-13(17-11(2)19)15(21)14(20)12(10-18)23-16/h12-16,18,20-21H,3-10H2,1-2H3,(H,17,19)/t12-,13-,14-,15-,16?/m1/s1. The molecule has 4 N–H and O–H groups in total. The SMILES string of the molecule is CCCCCCCCOC1O[C@H](CO)[C@@H](O)[C@H](O)[C@H]1NC(C)=O. The minimum Gasteiger partial charge on any atom is -0.394 e. The van der Waals surface area contributed by atoms with Gasteiger partial charge in [-0.15, -0.1) is 0 Å². The Bertz CT molecular complexity index is 341. The van der Waals surface area contributed by atoms with Gasteiger partial charge in [0.2, 0.25) is 5.91 Å². The molecule has 0 radical (unpaired) electrons. The van der Waals surface area contributed by atoms with Crippen molar-refractivity contribution in [3.05, 3.63) is 0 Å². The van der Waals surface area contributed by atoms with Crippen molar-refractivity contribution in [3.63, 3.8) is 0 Å². The summed E-state index contributed by atoms with van der Waals surface area (Å²) in [7, 11) is 0. The highest BCUT2D eigenvalue weighted by atomic mass is 16.7. The van der Waals surface area contributed by atoms with E-state index in [1.54, 1.807) is 0 Å². The van der Waals surface area contributed by atoms with Crippen LogP contribution in [0, 0.1) is 0 Å². The van der Waals surface area contributed by atoms with E-state index in [2.05, 4.69) is 12.2 Å². The first-order valence-electron chi connectivity index (χ1n) is 8.52. The third kappa shape index (κ3) is 6.73. The normalized spacial score (nSPS) is 31.1. The Kier molecular flexibility index (Phi) is 9.66. The molecule has 1 rings (SSSR count). The second-order valence-corrected chi connectivity index (χ2v) is 6.07. The highest BCUT2D eigenvalue weighted by Gasteiger charge is 2.45. The lowest BCUT2D eigenvalue weighted by molar-refractivity contribution is -0.270. The highest BCUT2D eigenvalue weighted by Crippen LogP contribution is 2.22. The summed E-state index contributed by atoms with van der Waals surface area (Å²) in [5.41, 5.74) is 0. The zero-order chi connectivity index (χ0) is 17.2. The van der Waals surface area contributed by atoms with Crippen LogP contribution in [0.4, 0.5) is 0 Å². The molecule has 0 saturated carbocycles. The number of unbranched alkanes of at least 4 members (excludes halogenated alkanes) is 5. The second kappa shape index (κ2) is 10.9. The van der Waals surface area contributed by atoms with Crippen LogP contribution in [0.25, 0.3) is 0 Å². The van der Waals surface area contributed by atoms with Gasteiger partial charge in [0.05, 0.1) is 6.61 Å². The van der Waals surface area contributed by atoms with Crippen molar-refractivity contribution >= 4 is 5.91 Å². The van der Waals surface area contributed by atoms with Crippen LogP contribution in [0.2, 0.25) is 0 Å². The maximum absolute atomic E-state index is 11.3. The largest absolute Gasteiger partial charge is 0.394 e. The van der Waals surface area contributed by atoms with Gasteiger partial charge in [0.1, 0.15) is 24.4 Å². The molecule has 136 valence electrons. The fourth-order valence-electron chi connectivity index (χ4n) is 2.69. The summed E-state index contributed by atoms with van der Waals surface area (Å²) >= 11 is 0. The van der Waals surface area contributed by atoms with E-state index in [0.29, 0.717) is 6.61 Å². The number of carbonyl (C=O) groups excluding carboxylic acids is 1. The van der Waals surface area contributed by atoms with Crippen LogP contribution in [-0.2, 0) is 14.3 Å². The van der Waals surface area contributed by atoms with Gasteiger partial charge >= 0.3 is 0 Å². The Hall–Kier alpha value is -0.730. The van der Waals surface area contributed by atoms with E-state index in [4.69, 9.17) is 9.47 Å². The van der Waals surface area contributed by atoms with Gasteiger partial charge in [0.15, 0.2) is 6.29 Å². The molecule has 0 aliphatic carbocycles. The Balaban J connectivity index is 2.45. The molecule has 1 unspecified atom stereocenters. The van der Waals surface area contributed by atoms with Crippen molar-refractivity contribution in [2.75, 3.05) is 13.2 Å². The summed E-state index contributed by atoms with van der Waals surface area (Å²) in [6.45, 7) is 3.50. The van der Waals surface area contributed by atoms with E-state index in [1.807, 2.05) is 0 Å². The summed E-state index contributed by atoms with van der Waals surface area (Å²) in [4.78, 5) is 11.3. The number of aliphatic hydroxyl groups excluding tert-OH is 3. The average Bonchev–Trinajstić information content (AvgIpc) is 2.52. The first kappa shape index (κ1) is 20.3. The maximum Gasteiger partial charge on any atom is 0.217 e. The number of hydrogen-bond acceptors (Lipinski definition) is 6. The van der Waals surface area contributed by atoms with Crippen LogP contribution >= 0.6 is 0 Å². The molecule has 1 heterocycles. The summed E-state index contributed by atoms with van der Waals surface area (Å²) in [6, 6.07) is -0.856. The first-order valence-corrected chi connectivity index (χ1v) is 8.52. The Morgan fingerprint density at radius 2 is 1.78 bits per heavy atom.